The number of carboxylic acid groups (broad SMARTS) is 2. The van der Waals surface area contributed by atoms with E-state index in [1.807, 2.05) is 18.2 Å². The number of amides is 1. The van der Waals surface area contributed by atoms with Crippen LogP contribution in [-0.2, 0) is 19.8 Å². The van der Waals surface area contributed by atoms with Gasteiger partial charge >= 0.3 is 5.97 Å². The molecule has 0 aromatic heterocycles. The molecule has 7 heteroatoms. The summed E-state index contributed by atoms with van der Waals surface area (Å²) in [7, 11) is 0. The number of hydrogen-bond donors (Lipinski definition) is 2. The van der Waals surface area contributed by atoms with Crippen LogP contribution in [0.2, 0.25) is 0 Å². The summed E-state index contributed by atoms with van der Waals surface area (Å²) in [5, 5.41) is 16.3. The van der Waals surface area contributed by atoms with Crippen LogP contribution in [0, 0.1) is 5.92 Å². The molecule has 1 aliphatic carbocycles. The van der Waals surface area contributed by atoms with E-state index in [-0.39, 0.29) is 5.41 Å². The molecule has 0 spiro atoms. The monoisotopic (exact) mass is 364 g/mol. The Balaban J connectivity index is 0.000000487. The fourth-order valence-electron chi connectivity index (χ4n) is 3.29. The van der Waals surface area contributed by atoms with Crippen LogP contribution < -0.4 is 10.8 Å². The van der Waals surface area contributed by atoms with E-state index in [1.54, 1.807) is 0 Å². The first-order valence-corrected chi connectivity index (χ1v) is 8.93. The smallest absolute Gasteiger partial charge is 0.351 e. The second-order valence-electron chi connectivity index (χ2n) is 6.41. The Bertz CT molecular complexity index is 602. The van der Waals surface area contributed by atoms with Crippen molar-refractivity contribution < 1.29 is 30.3 Å². The average molecular weight is 364 g/mol. The molecular formula is C19H28N2O5. The maximum atomic E-state index is 13.1. The first-order valence-electron chi connectivity index (χ1n) is 8.93. The van der Waals surface area contributed by atoms with Crippen molar-refractivity contribution >= 4 is 17.8 Å². The van der Waals surface area contributed by atoms with Crippen LogP contribution in [0.25, 0.3) is 0 Å². The Labute approximate surface area is 153 Å². The number of quaternary nitrogens is 1. The minimum Gasteiger partial charge on any atom is -0.539 e. The second-order valence-corrected chi connectivity index (χ2v) is 6.41. The summed E-state index contributed by atoms with van der Waals surface area (Å²) in [6.45, 7) is 6.84. The molecule has 0 unspecified atom stereocenters. The summed E-state index contributed by atoms with van der Waals surface area (Å²) in [5.41, 5.74) is 4.92. The van der Waals surface area contributed by atoms with Crippen molar-refractivity contribution in [2.75, 3.05) is 19.6 Å². The molecule has 1 aromatic carbocycles. The van der Waals surface area contributed by atoms with Crippen LogP contribution in [0.1, 0.15) is 38.7 Å². The largest absolute Gasteiger partial charge is 0.539 e. The van der Waals surface area contributed by atoms with Crippen molar-refractivity contribution in [1.29, 1.82) is 0 Å². The van der Waals surface area contributed by atoms with Gasteiger partial charge in [0.25, 0.3) is 0 Å². The van der Waals surface area contributed by atoms with Crippen molar-refractivity contribution in [3.05, 3.63) is 35.9 Å². The molecule has 26 heavy (non-hydrogen) atoms. The molecule has 1 aromatic rings. The van der Waals surface area contributed by atoms with Gasteiger partial charge in [-0.2, -0.15) is 0 Å². The van der Waals surface area contributed by atoms with Gasteiger partial charge in [-0.1, -0.05) is 44.2 Å². The van der Waals surface area contributed by atoms with Gasteiger partial charge in [0, 0.05) is 19.0 Å². The first-order chi connectivity index (χ1) is 12.3. The van der Waals surface area contributed by atoms with Crippen LogP contribution >= 0.6 is 0 Å². The predicted octanol–water partition coefficient (Wildman–Crippen LogP) is -0.344. The number of carboxylic acids is 2. The molecule has 0 saturated heterocycles. The standard InChI is InChI=1S/C17H26N2O.C2H2O4/c1-3-10-19(11-4-2)16(20)17(12-15(17)13-18)14-8-6-5-7-9-14;3-1(4)2(5)6/h5-9,15H,3-4,10-13,18H2,1-2H3;(H,3,4)(H,5,6)/t15-,17+;/m1./s1. The first kappa shape index (κ1) is 21.6. The van der Waals surface area contributed by atoms with Gasteiger partial charge in [-0.25, -0.2) is 4.79 Å². The Kier molecular flexibility index (Phi) is 8.25. The van der Waals surface area contributed by atoms with E-state index in [2.05, 4.69) is 36.6 Å². The lowest BCUT2D eigenvalue weighted by Gasteiger charge is -2.28. The Hall–Kier alpha value is -2.41. The summed E-state index contributed by atoms with van der Waals surface area (Å²) < 4.78 is 0. The van der Waals surface area contributed by atoms with Crippen molar-refractivity contribution in [3.63, 3.8) is 0 Å². The Morgan fingerprint density at radius 1 is 1.19 bits per heavy atom. The molecule has 0 bridgehead atoms. The summed E-state index contributed by atoms with van der Waals surface area (Å²) in [5.74, 6) is -3.28. The van der Waals surface area contributed by atoms with Gasteiger partial charge in [-0.3, -0.25) is 4.79 Å². The molecule has 1 fully saturated rings. The van der Waals surface area contributed by atoms with E-state index >= 15 is 0 Å². The zero-order valence-electron chi connectivity index (χ0n) is 15.4. The molecule has 2 rings (SSSR count). The molecule has 7 nitrogen and oxygen atoms in total. The van der Waals surface area contributed by atoms with Crippen LogP contribution in [0.5, 0.6) is 0 Å². The molecule has 0 radical (unpaired) electrons. The molecule has 1 amide bonds. The van der Waals surface area contributed by atoms with Gasteiger partial charge in [-0.05, 0) is 24.8 Å². The molecule has 1 aliphatic rings. The minimum atomic E-state index is -2.07. The lowest BCUT2D eigenvalue weighted by Crippen LogP contribution is -2.53. The summed E-state index contributed by atoms with van der Waals surface area (Å²) >= 11 is 0. The quantitative estimate of drug-likeness (QED) is 0.640. The van der Waals surface area contributed by atoms with Crippen molar-refractivity contribution in [2.24, 2.45) is 5.92 Å². The maximum Gasteiger partial charge on any atom is 0.351 e. The van der Waals surface area contributed by atoms with E-state index in [9.17, 15) is 4.79 Å². The van der Waals surface area contributed by atoms with Crippen LogP contribution in [0.15, 0.2) is 30.3 Å². The van der Waals surface area contributed by atoms with Gasteiger partial charge in [0.1, 0.15) is 0 Å². The van der Waals surface area contributed by atoms with E-state index in [1.165, 1.54) is 5.56 Å². The minimum absolute atomic E-state index is 0.284. The Morgan fingerprint density at radius 2 is 1.69 bits per heavy atom. The molecule has 0 aliphatic heterocycles. The highest BCUT2D eigenvalue weighted by Gasteiger charge is 2.62. The van der Waals surface area contributed by atoms with Crippen molar-refractivity contribution in [2.45, 2.75) is 38.5 Å². The van der Waals surface area contributed by atoms with Crippen LogP contribution in [0.4, 0.5) is 0 Å². The summed E-state index contributed by atoms with van der Waals surface area (Å²) in [6.07, 6.45) is 3.00. The average Bonchev–Trinajstić information content (AvgIpc) is 3.38. The topological polar surface area (TPSA) is 125 Å². The number of rotatable bonds is 7. The highest BCUT2D eigenvalue weighted by molar-refractivity contribution is 6.26. The van der Waals surface area contributed by atoms with E-state index in [0.717, 1.165) is 38.9 Å². The van der Waals surface area contributed by atoms with Gasteiger partial charge < -0.3 is 25.6 Å². The molecule has 144 valence electrons. The second kappa shape index (κ2) is 9.91. The van der Waals surface area contributed by atoms with E-state index < -0.39 is 11.9 Å². The predicted molar refractivity (Wildman–Crippen MR) is 93.8 cm³/mol. The molecule has 4 N–H and O–H groups in total. The normalized spacial score (nSPS) is 20.5. The molecule has 1 saturated carbocycles. The molecular weight excluding hydrogens is 336 g/mol. The van der Waals surface area contributed by atoms with Gasteiger partial charge in [-0.15, -0.1) is 0 Å². The van der Waals surface area contributed by atoms with Crippen LogP contribution in [-0.4, -0.2) is 47.5 Å². The lowest BCUT2D eigenvalue weighted by molar-refractivity contribution is -0.373. The summed E-state index contributed by atoms with van der Waals surface area (Å²) in [6, 6.07) is 10.3. The Morgan fingerprint density at radius 3 is 2.04 bits per heavy atom. The zero-order chi connectivity index (χ0) is 19.7. The fourth-order valence-corrected chi connectivity index (χ4v) is 3.29. The number of carbonyl (C=O) groups excluding carboxylic acids is 2. The summed E-state index contributed by atoms with van der Waals surface area (Å²) in [4.78, 5) is 33.2. The highest BCUT2D eigenvalue weighted by Crippen LogP contribution is 2.54. The SMILES string of the molecule is CCCN(CCC)C(=O)[C@]1(c2ccccc2)C[C@@H]1C[NH3+].O=C([O-])C(=O)O. The van der Waals surface area contributed by atoms with Gasteiger partial charge in [0.2, 0.25) is 5.91 Å². The van der Waals surface area contributed by atoms with E-state index in [4.69, 9.17) is 19.8 Å². The van der Waals surface area contributed by atoms with Gasteiger partial charge in [0.15, 0.2) is 5.97 Å². The third-order valence-corrected chi connectivity index (χ3v) is 4.57. The number of carbonyl (C=O) groups is 3. The van der Waals surface area contributed by atoms with Crippen LogP contribution in [0.3, 0.4) is 0 Å². The maximum absolute atomic E-state index is 13.1. The molecule has 2 atom stereocenters. The number of aliphatic carboxylic acids is 2. The third-order valence-electron chi connectivity index (χ3n) is 4.57. The highest BCUT2D eigenvalue weighted by atomic mass is 16.4. The fraction of sp³-hybridized carbons (Fsp3) is 0.526. The zero-order valence-corrected chi connectivity index (χ0v) is 15.4. The molecule has 0 heterocycles. The number of hydrogen-bond acceptors (Lipinski definition) is 4. The van der Waals surface area contributed by atoms with Gasteiger partial charge in [0.05, 0.1) is 12.0 Å². The third kappa shape index (κ3) is 5.05. The lowest BCUT2D eigenvalue weighted by atomic mass is 9.91. The number of benzene rings is 1. The van der Waals surface area contributed by atoms with Crippen molar-refractivity contribution in [1.82, 2.24) is 4.90 Å². The van der Waals surface area contributed by atoms with Crippen molar-refractivity contribution in [3.8, 4) is 0 Å². The van der Waals surface area contributed by atoms with E-state index in [0.29, 0.717) is 11.8 Å². The number of nitrogens with zero attached hydrogens (tertiary/aromatic N) is 1.